The second-order valence-corrected chi connectivity index (χ2v) is 4.06. The topological polar surface area (TPSA) is 123 Å². The molecule has 1 aromatic heterocycles. The van der Waals surface area contributed by atoms with E-state index in [9.17, 15) is 13.2 Å². The summed E-state index contributed by atoms with van der Waals surface area (Å²) < 4.78 is 30.3. The van der Waals surface area contributed by atoms with Crippen molar-refractivity contribution in [3.05, 3.63) is 18.3 Å². The van der Waals surface area contributed by atoms with Crippen LogP contribution >= 0.6 is 0 Å². The van der Waals surface area contributed by atoms with Crippen molar-refractivity contribution >= 4 is 27.8 Å². The molecule has 0 unspecified atom stereocenters. The third-order valence-electron chi connectivity index (χ3n) is 1.47. The Labute approximate surface area is 92.0 Å². The SMILES string of the molecule is COC(=O)NS(=O)(=O)Nc1ncccc1N. The second kappa shape index (κ2) is 4.66. The summed E-state index contributed by atoms with van der Waals surface area (Å²) in [6, 6.07) is 3.00. The number of methoxy groups -OCH3 is 1. The normalized spacial score (nSPS) is 10.6. The van der Waals surface area contributed by atoms with Gasteiger partial charge in [-0.3, -0.25) is 0 Å². The van der Waals surface area contributed by atoms with E-state index in [1.807, 2.05) is 4.72 Å². The number of carbonyl (C=O) groups is 1. The fraction of sp³-hybridized carbons (Fsp3) is 0.143. The van der Waals surface area contributed by atoms with Gasteiger partial charge in [-0.1, -0.05) is 0 Å². The molecule has 4 N–H and O–H groups in total. The third kappa shape index (κ3) is 3.28. The number of anilines is 2. The number of hydrogen-bond acceptors (Lipinski definition) is 6. The molecule has 0 saturated carbocycles. The summed E-state index contributed by atoms with van der Waals surface area (Å²) in [7, 11) is -3.04. The standard InChI is InChI=1S/C7H10N4O4S/c1-15-7(12)11-16(13,14)10-6-5(8)3-2-4-9-6/h2-4H,8H2,1H3,(H,9,10)(H,11,12). The predicted molar refractivity (Wildman–Crippen MR) is 56.7 cm³/mol. The van der Waals surface area contributed by atoms with Crippen LogP contribution in [0.4, 0.5) is 16.3 Å². The summed E-state index contributed by atoms with van der Waals surface area (Å²) in [6.45, 7) is 0. The molecular weight excluding hydrogens is 236 g/mol. The lowest BCUT2D eigenvalue weighted by Gasteiger charge is -2.08. The van der Waals surface area contributed by atoms with Crippen LogP contribution in [0.15, 0.2) is 18.3 Å². The smallest absolute Gasteiger partial charge is 0.422 e. The zero-order valence-corrected chi connectivity index (χ0v) is 9.11. The van der Waals surface area contributed by atoms with E-state index >= 15 is 0 Å². The first-order valence-corrected chi connectivity index (χ1v) is 5.52. The first-order chi connectivity index (χ1) is 7.44. The maximum absolute atomic E-state index is 11.3. The molecule has 88 valence electrons. The highest BCUT2D eigenvalue weighted by Gasteiger charge is 2.15. The van der Waals surface area contributed by atoms with Crippen LogP contribution in [-0.2, 0) is 14.9 Å². The Morgan fingerprint density at radius 1 is 1.56 bits per heavy atom. The van der Waals surface area contributed by atoms with E-state index in [1.165, 1.54) is 12.3 Å². The number of rotatable bonds is 3. The molecule has 0 radical (unpaired) electrons. The highest BCUT2D eigenvalue weighted by atomic mass is 32.2. The van der Waals surface area contributed by atoms with Crippen molar-refractivity contribution in [3.8, 4) is 0 Å². The highest BCUT2D eigenvalue weighted by Crippen LogP contribution is 2.13. The van der Waals surface area contributed by atoms with Crippen molar-refractivity contribution in [2.75, 3.05) is 17.6 Å². The largest absolute Gasteiger partial charge is 0.452 e. The Morgan fingerprint density at radius 2 is 2.25 bits per heavy atom. The highest BCUT2D eigenvalue weighted by molar-refractivity contribution is 7.91. The van der Waals surface area contributed by atoms with Crippen molar-refractivity contribution in [2.24, 2.45) is 0 Å². The molecule has 0 atom stereocenters. The number of aromatic nitrogens is 1. The quantitative estimate of drug-likeness (QED) is 0.671. The average Bonchev–Trinajstić information content (AvgIpc) is 2.20. The molecule has 1 heterocycles. The number of nitrogens with zero attached hydrogens (tertiary/aromatic N) is 1. The number of amides is 1. The summed E-state index contributed by atoms with van der Waals surface area (Å²) in [6.07, 6.45) is 0.244. The third-order valence-corrected chi connectivity index (χ3v) is 2.37. The lowest BCUT2D eigenvalue weighted by molar-refractivity contribution is 0.177. The number of ether oxygens (including phenoxy) is 1. The number of nitrogen functional groups attached to an aromatic ring is 1. The van der Waals surface area contributed by atoms with Crippen LogP contribution in [-0.4, -0.2) is 26.6 Å². The van der Waals surface area contributed by atoms with Gasteiger partial charge in [-0.15, -0.1) is 0 Å². The van der Waals surface area contributed by atoms with Crippen LogP contribution in [0.1, 0.15) is 0 Å². The van der Waals surface area contributed by atoms with E-state index in [2.05, 4.69) is 9.72 Å². The van der Waals surface area contributed by atoms with Gasteiger partial charge < -0.3 is 10.5 Å². The van der Waals surface area contributed by atoms with E-state index in [4.69, 9.17) is 5.73 Å². The van der Waals surface area contributed by atoms with E-state index in [-0.39, 0.29) is 11.5 Å². The van der Waals surface area contributed by atoms with Crippen LogP contribution in [0.2, 0.25) is 0 Å². The van der Waals surface area contributed by atoms with Crippen molar-refractivity contribution in [1.82, 2.24) is 9.71 Å². The van der Waals surface area contributed by atoms with Crippen LogP contribution in [0, 0.1) is 0 Å². The van der Waals surface area contributed by atoms with Crippen molar-refractivity contribution in [1.29, 1.82) is 0 Å². The molecule has 0 saturated heterocycles. The fourth-order valence-electron chi connectivity index (χ4n) is 0.807. The van der Waals surface area contributed by atoms with Gasteiger partial charge in [-0.05, 0) is 12.1 Å². The first-order valence-electron chi connectivity index (χ1n) is 4.03. The first kappa shape index (κ1) is 12.0. The van der Waals surface area contributed by atoms with Crippen molar-refractivity contribution < 1.29 is 17.9 Å². The zero-order chi connectivity index (χ0) is 12.2. The molecule has 0 spiro atoms. The molecule has 0 aliphatic carbocycles. The van der Waals surface area contributed by atoms with Gasteiger partial charge in [0.15, 0.2) is 5.82 Å². The van der Waals surface area contributed by atoms with E-state index in [0.717, 1.165) is 7.11 Å². The lowest BCUT2D eigenvalue weighted by atomic mass is 10.4. The summed E-state index contributed by atoms with van der Waals surface area (Å²) in [5.41, 5.74) is 5.59. The van der Waals surface area contributed by atoms with E-state index in [0.29, 0.717) is 0 Å². The number of pyridine rings is 1. The average molecular weight is 246 g/mol. The fourth-order valence-corrected chi connectivity index (χ4v) is 1.59. The molecule has 9 heteroatoms. The molecule has 8 nitrogen and oxygen atoms in total. The summed E-state index contributed by atoms with van der Waals surface area (Å²) in [4.78, 5) is 14.4. The van der Waals surface area contributed by atoms with Gasteiger partial charge in [0.2, 0.25) is 0 Å². The summed E-state index contributed by atoms with van der Waals surface area (Å²) in [5.74, 6) is -0.0705. The lowest BCUT2D eigenvalue weighted by Crippen LogP contribution is -2.35. The van der Waals surface area contributed by atoms with Crippen molar-refractivity contribution in [3.63, 3.8) is 0 Å². The molecule has 0 bridgehead atoms. The van der Waals surface area contributed by atoms with Gasteiger partial charge >= 0.3 is 16.3 Å². The minimum absolute atomic E-state index is 0.0705. The Balaban J connectivity index is 2.81. The second-order valence-electron chi connectivity index (χ2n) is 2.64. The van der Waals surface area contributed by atoms with E-state index in [1.54, 1.807) is 10.8 Å². The molecular formula is C7H10N4O4S. The Morgan fingerprint density at radius 3 is 2.81 bits per heavy atom. The Hall–Kier alpha value is -2.03. The molecule has 0 aliphatic heterocycles. The number of nitrogens with two attached hydrogens (primary N) is 1. The Kier molecular flexibility index (Phi) is 3.51. The van der Waals surface area contributed by atoms with Gasteiger partial charge in [0.25, 0.3) is 0 Å². The van der Waals surface area contributed by atoms with Gasteiger partial charge in [0, 0.05) is 6.20 Å². The maximum atomic E-state index is 11.3. The van der Waals surface area contributed by atoms with Crippen LogP contribution in [0.25, 0.3) is 0 Å². The van der Waals surface area contributed by atoms with Gasteiger partial charge in [-0.25, -0.2) is 19.2 Å². The molecule has 0 aromatic carbocycles. The number of carbonyl (C=O) groups excluding carboxylic acids is 1. The van der Waals surface area contributed by atoms with Gasteiger partial charge in [0.05, 0.1) is 12.8 Å². The molecule has 0 fully saturated rings. The molecule has 0 aliphatic rings. The van der Waals surface area contributed by atoms with Crippen LogP contribution in [0.3, 0.4) is 0 Å². The monoisotopic (exact) mass is 246 g/mol. The predicted octanol–water partition coefficient (Wildman–Crippen LogP) is -0.324. The summed E-state index contributed by atoms with van der Waals surface area (Å²) in [5, 5.41) is 0. The molecule has 1 rings (SSSR count). The van der Waals surface area contributed by atoms with Crippen LogP contribution < -0.4 is 15.2 Å². The minimum atomic E-state index is -4.09. The zero-order valence-electron chi connectivity index (χ0n) is 8.30. The van der Waals surface area contributed by atoms with Gasteiger partial charge in [-0.2, -0.15) is 8.42 Å². The number of nitrogens with one attached hydrogen (secondary N) is 2. The molecule has 1 aromatic rings. The Bertz CT molecular complexity index is 487. The van der Waals surface area contributed by atoms with E-state index < -0.39 is 16.3 Å². The van der Waals surface area contributed by atoms with Crippen LogP contribution in [0.5, 0.6) is 0 Å². The minimum Gasteiger partial charge on any atom is -0.452 e. The van der Waals surface area contributed by atoms with Gasteiger partial charge in [0.1, 0.15) is 0 Å². The van der Waals surface area contributed by atoms with Crippen molar-refractivity contribution in [2.45, 2.75) is 0 Å². The molecule has 16 heavy (non-hydrogen) atoms. The number of hydrogen-bond donors (Lipinski definition) is 3. The maximum Gasteiger partial charge on any atom is 0.422 e. The summed E-state index contributed by atoms with van der Waals surface area (Å²) >= 11 is 0. The molecule has 1 amide bonds.